The van der Waals surface area contributed by atoms with Gasteiger partial charge in [-0.2, -0.15) is 5.10 Å². The van der Waals surface area contributed by atoms with E-state index in [0.29, 0.717) is 28.7 Å². The predicted molar refractivity (Wildman–Crippen MR) is 79.7 cm³/mol. The quantitative estimate of drug-likeness (QED) is 0.942. The molecule has 0 aliphatic carbocycles. The van der Waals surface area contributed by atoms with Gasteiger partial charge in [-0.15, -0.1) is 0 Å². The van der Waals surface area contributed by atoms with Crippen LogP contribution in [0.4, 0.5) is 0 Å². The van der Waals surface area contributed by atoms with Gasteiger partial charge >= 0.3 is 0 Å². The average molecular weight is 293 g/mol. The summed E-state index contributed by atoms with van der Waals surface area (Å²) in [5.74, 6) is 0.298. The number of nitrogens with zero attached hydrogens (tertiary/aromatic N) is 2. The summed E-state index contributed by atoms with van der Waals surface area (Å²) in [4.78, 5) is 12.1. The van der Waals surface area contributed by atoms with Crippen LogP contribution in [0.15, 0.2) is 35.1 Å². The van der Waals surface area contributed by atoms with Gasteiger partial charge in [-0.3, -0.25) is 4.79 Å². The Kier molecular flexibility index (Phi) is 4.57. The zero-order valence-corrected chi connectivity index (χ0v) is 12.3. The van der Waals surface area contributed by atoms with Crippen molar-refractivity contribution in [3.63, 3.8) is 0 Å². The van der Waals surface area contributed by atoms with Crippen molar-refractivity contribution in [3.05, 3.63) is 51.3 Å². The number of hydrogen-bond acceptors (Lipinski definition) is 3. The van der Waals surface area contributed by atoms with Crippen LogP contribution < -0.4 is 5.56 Å². The fourth-order valence-corrected chi connectivity index (χ4v) is 2.07. The number of aliphatic hydroxyl groups excluding tert-OH is 1. The van der Waals surface area contributed by atoms with Gasteiger partial charge in [0.2, 0.25) is 0 Å². The van der Waals surface area contributed by atoms with E-state index in [1.54, 1.807) is 18.2 Å². The second-order valence-corrected chi connectivity index (χ2v) is 5.54. The van der Waals surface area contributed by atoms with E-state index >= 15 is 0 Å². The first kappa shape index (κ1) is 14.8. The number of halogens is 1. The second kappa shape index (κ2) is 6.20. The largest absolute Gasteiger partial charge is 0.391 e. The molecule has 5 heteroatoms. The van der Waals surface area contributed by atoms with Gasteiger partial charge in [0.15, 0.2) is 0 Å². The Morgan fingerprint density at radius 2 is 1.95 bits per heavy atom. The van der Waals surface area contributed by atoms with E-state index in [0.717, 1.165) is 5.56 Å². The van der Waals surface area contributed by atoms with Gasteiger partial charge < -0.3 is 5.11 Å². The Morgan fingerprint density at radius 1 is 1.30 bits per heavy atom. The topological polar surface area (TPSA) is 55.1 Å². The molecule has 0 aliphatic rings. The van der Waals surface area contributed by atoms with Gasteiger partial charge in [0.05, 0.1) is 12.3 Å². The number of rotatable bonds is 4. The van der Waals surface area contributed by atoms with E-state index in [1.807, 2.05) is 26.0 Å². The van der Waals surface area contributed by atoms with Crippen molar-refractivity contribution in [2.24, 2.45) is 5.92 Å². The molecule has 0 unspecified atom stereocenters. The molecule has 0 saturated heterocycles. The molecule has 106 valence electrons. The Hall–Kier alpha value is -1.65. The van der Waals surface area contributed by atoms with Gasteiger partial charge in [-0.25, -0.2) is 4.68 Å². The van der Waals surface area contributed by atoms with Crippen LogP contribution in [-0.2, 0) is 13.2 Å². The van der Waals surface area contributed by atoms with E-state index in [4.69, 9.17) is 11.6 Å². The number of aromatic nitrogens is 2. The van der Waals surface area contributed by atoms with Gasteiger partial charge in [-0.05, 0) is 24.1 Å². The summed E-state index contributed by atoms with van der Waals surface area (Å²) < 4.78 is 1.42. The summed E-state index contributed by atoms with van der Waals surface area (Å²) in [6, 6.07) is 8.86. The van der Waals surface area contributed by atoms with Gasteiger partial charge in [0.1, 0.15) is 0 Å². The maximum absolute atomic E-state index is 12.1. The molecule has 0 fully saturated rings. The standard InChI is InChI=1S/C15H17ClN2O2/c1-10(2)8-18-15(20)12(9-19)7-14(17-18)11-3-5-13(16)6-4-11/h3-7,10,19H,8-9H2,1-2H3. The van der Waals surface area contributed by atoms with Crippen molar-refractivity contribution in [1.82, 2.24) is 9.78 Å². The summed E-state index contributed by atoms with van der Waals surface area (Å²) >= 11 is 5.87. The molecule has 4 nitrogen and oxygen atoms in total. The first-order valence-electron chi connectivity index (χ1n) is 6.49. The normalized spacial score (nSPS) is 11.1. The van der Waals surface area contributed by atoms with Crippen LogP contribution in [0.25, 0.3) is 11.3 Å². The van der Waals surface area contributed by atoms with Crippen LogP contribution in [-0.4, -0.2) is 14.9 Å². The molecule has 0 radical (unpaired) electrons. The minimum Gasteiger partial charge on any atom is -0.391 e. The zero-order valence-electron chi connectivity index (χ0n) is 11.5. The lowest BCUT2D eigenvalue weighted by Gasteiger charge is -2.11. The molecule has 0 atom stereocenters. The molecule has 1 aromatic heterocycles. The average Bonchev–Trinajstić information content (AvgIpc) is 2.41. The molecule has 2 aromatic rings. The minimum absolute atomic E-state index is 0.237. The molecule has 0 bridgehead atoms. The maximum atomic E-state index is 12.1. The Morgan fingerprint density at radius 3 is 2.50 bits per heavy atom. The maximum Gasteiger partial charge on any atom is 0.272 e. The number of benzene rings is 1. The molecule has 0 amide bonds. The Balaban J connectivity index is 2.53. The number of hydrogen-bond donors (Lipinski definition) is 1. The predicted octanol–water partition coefficient (Wildman–Crippen LogP) is 2.71. The van der Waals surface area contributed by atoms with Crippen LogP contribution in [0, 0.1) is 5.92 Å². The second-order valence-electron chi connectivity index (χ2n) is 5.10. The molecule has 0 spiro atoms. The number of aliphatic hydroxyl groups is 1. The third-order valence-corrected chi connectivity index (χ3v) is 3.15. The molecule has 1 heterocycles. The summed E-state index contributed by atoms with van der Waals surface area (Å²) in [5.41, 5.74) is 1.64. The van der Waals surface area contributed by atoms with Gasteiger partial charge in [-0.1, -0.05) is 37.6 Å². The molecule has 1 aromatic carbocycles. The molecule has 1 N–H and O–H groups in total. The van der Waals surface area contributed by atoms with E-state index in [2.05, 4.69) is 5.10 Å². The Labute approximate surface area is 122 Å². The van der Waals surface area contributed by atoms with Crippen molar-refractivity contribution in [2.45, 2.75) is 27.0 Å². The smallest absolute Gasteiger partial charge is 0.272 e. The van der Waals surface area contributed by atoms with Crippen LogP contribution in [0.2, 0.25) is 5.02 Å². The Bertz CT molecular complexity index is 648. The minimum atomic E-state index is -0.292. The van der Waals surface area contributed by atoms with Crippen molar-refractivity contribution in [2.75, 3.05) is 0 Å². The molecular weight excluding hydrogens is 276 g/mol. The fraction of sp³-hybridized carbons (Fsp3) is 0.333. The molecule has 2 rings (SSSR count). The van der Waals surface area contributed by atoms with Crippen molar-refractivity contribution < 1.29 is 5.11 Å². The lowest BCUT2D eigenvalue weighted by atomic mass is 10.1. The highest BCUT2D eigenvalue weighted by molar-refractivity contribution is 6.30. The first-order chi connectivity index (χ1) is 9.51. The molecule has 0 aliphatic heterocycles. The van der Waals surface area contributed by atoms with Crippen LogP contribution >= 0.6 is 11.6 Å². The summed E-state index contributed by atoms with van der Waals surface area (Å²) in [5, 5.41) is 14.3. The summed E-state index contributed by atoms with van der Waals surface area (Å²) in [6.45, 7) is 4.26. The monoisotopic (exact) mass is 292 g/mol. The van der Waals surface area contributed by atoms with Gasteiger partial charge in [0, 0.05) is 22.7 Å². The van der Waals surface area contributed by atoms with Crippen LogP contribution in [0.3, 0.4) is 0 Å². The van der Waals surface area contributed by atoms with Crippen molar-refractivity contribution in [1.29, 1.82) is 0 Å². The van der Waals surface area contributed by atoms with E-state index in [9.17, 15) is 9.90 Å². The lowest BCUT2D eigenvalue weighted by Crippen LogP contribution is -2.28. The highest BCUT2D eigenvalue weighted by Crippen LogP contribution is 2.19. The summed E-state index contributed by atoms with van der Waals surface area (Å²) in [6.07, 6.45) is 0. The van der Waals surface area contributed by atoms with Gasteiger partial charge in [0.25, 0.3) is 5.56 Å². The SMILES string of the molecule is CC(C)Cn1nc(-c2ccc(Cl)cc2)cc(CO)c1=O. The first-order valence-corrected chi connectivity index (χ1v) is 6.87. The third kappa shape index (κ3) is 3.26. The van der Waals surface area contributed by atoms with Crippen LogP contribution in [0.1, 0.15) is 19.4 Å². The van der Waals surface area contributed by atoms with Crippen molar-refractivity contribution in [3.8, 4) is 11.3 Å². The highest BCUT2D eigenvalue weighted by Gasteiger charge is 2.10. The van der Waals surface area contributed by atoms with E-state index < -0.39 is 0 Å². The molecule has 20 heavy (non-hydrogen) atoms. The van der Waals surface area contributed by atoms with E-state index in [1.165, 1.54) is 4.68 Å². The van der Waals surface area contributed by atoms with Crippen LogP contribution in [0.5, 0.6) is 0 Å². The fourth-order valence-electron chi connectivity index (χ4n) is 1.94. The zero-order chi connectivity index (χ0) is 14.7. The van der Waals surface area contributed by atoms with E-state index in [-0.39, 0.29) is 12.2 Å². The molecular formula is C15H17ClN2O2. The lowest BCUT2D eigenvalue weighted by molar-refractivity contribution is 0.277. The summed E-state index contributed by atoms with van der Waals surface area (Å²) in [7, 11) is 0. The molecule has 0 saturated carbocycles. The highest BCUT2D eigenvalue weighted by atomic mass is 35.5. The van der Waals surface area contributed by atoms with Crippen molar-refractivity contribution >= 4 is 11.6 Å². The third-order valence-electron chi connectivity index (χ3n) is 2.90.